The number of carbonyl (C=O) groups is 1. The molecule has 0 saturated carbocycles. The van der Waals surface area contributed by atoms with Gasteiger partial charge in [-0.2, -0.15) is 0 Å². The maximum absolute atomic E-state index is 13.4. The van der Waals surface area contributed by atoms with Crippen LogP contribution in [0.4, 0.5) is 4.39 Å². The van der Waals surface area contributed by atoms with Crippen LogP contribution in [-0.2, 0) is 0 Å². The molecular weight excluding hydrogens is 257 g/mol. The predicted molar refractivity (Wildman–Crippen MR) is 74.7 cm³/mol. The zero-order valence-electron chi connectivity index (χ0n) is 11.5. The van der Waals surface area contributed by atoms with Gasteiger partial charge in [-0.05, 0) is 30.5 Å². The van der Waals surface area contributed by atoms with Gasteiger partial charge in [0.2, 0.25) is 0 Å². The first-order chi connectivity index (χ1) is 9.65. The van der Waals surface area contributed by atoms with Crippen molar-refractivity contribution in [2.24, 2.45) is 5.92 Å². The van der Waals surface area contributed by atoms with E-state index in [0.29, 0.717) is 18.0 Å². The fraction of sp³-hybridized carbons (Fsp3) is 0.438. The van der Waals surface area contributed by atoms with E-state index in [0.717, 1.165) is 19.4 Å². The van der Waals surface area contributed by atoms with Crippen molar-refractivity contribution in [3.8, 4) is 11.8 Å². The van der Waals surface area contributed by atoms with Crippen molar-refractivity contribution in [3.05, 3.63) is 35.1 Å². The molecule has 1 aliphatic heterocycles. The van der Waals surface area contributed by atoms with E-state index in [1.54, 1.807) is 4.90 Å². The normalized spacial score (nSPS) is 17.8. The fourth-order valence-electron chi connectivity index (χ4n) is 2.46. The molecule has 1 aromatic rings. The van der Waals surface area contributed by atoms with Crippen molar-refractivity contribution in [2.45, 2.75) is 19.8 Å². The Hall–Kier alpha value is -1.86. The van der Waals surface area contributed by atoms with Crippen molar-refractivity contribution in [2.75, 3.05) is 19.7 Å². The molecule has 20 heavy (non-hydrogen) atoms. The Balaban J connectivity index is 2.27. The molecule has 1 heterocycles. The summed E-state index contributed by atoms with van der Waals surface area (Å²) < 4.78 is 13.4. The summed E-state index contributed by atoms with van der Waals surface area (Å²) in [6, 6.07) is 3.98. The van der Waals surface area contributed by atoms with Crippen molar-refractivity contribution >= 4 is 5.91 Å². The minimum absolute atomic E-state index is 0.178. The molecule has 0 radical (unpaired) electrons. The molecule has 1 N–H and O–H groups in total. The van der Waals surface area contributed by atoms with E-state index in [1.165, 1.54) is 18.2 Å². The van der Waals surface area contributed by atoms with Crippen molar-refractivity contribution in [1.29, 1.82) is 0 Å². The third kappa shape index (κ3) is 3.17. The minimum atomic E-state index is -0.450. The van der Waals surface area contributed by atoms with Crippen LogP contribution >= 0.6 is 0 Å². The molecule has 106 valence electrons. The van der Waals surface area contributed by atoms with Crippen molar-refractivity contribution in [3.63, 3.8) is 0 Å². The highest BCUT2D eigenvalue weighted by molar-refractivity contribution is 5.97. The Kier molecular flexibility index (Phi) is 4.75. The van der Waals surface area contributed by atoms with E-state index in [1.807, 2.05) is 0 Å². The van der Waals surface area contributed by atoms with Gasteiger partial charge in [0, 0.05) is 18.7 Å². The number of hydrogen-bond acceptors (Lipinski definition) is 2. The van der Waals surface area contributed by atoms with Gasteiger partial charge in [0.25, 0.3) is 5.91 Å². The highest BCUT2D eigenvalue weighted by Gasteiger charge is 2.27. The molecule has 2 rings (SSSR count). The number of carbonyl (C=O) groups excluding carboxylic acids is 1. The Bertz CT molecular complexity index is 559. The molecule has 3 nitrogen and oxygen atoms in total. The van der Waals surface area contributed by atoms with Gasteiger partial charge < -0.3 is 10.0 Å². The van der Waals surface area contributed by atoms with Gasteiger partial charge in [-0.1, -0.05) is 25.2 Å². The lowest BCUT2D eigenvalue weighted by Gasteiger charge is -2.17. The van der Waals surface area contributed by atoms with E-state index < -0.39 is 5.82 Å². The SMILES string of the molecule is CCC1CCN(C(=O)c2cc(F)ccc2C#CCO)C1. The van der Waals surface area contributed by atoms with Gasteiger partial charge in [-0.15, -0.1) is 0 Å². The van der Waals surface area contributed by atoms with E-state index in [9.17, 15) is 9.18 Å². The van der Waals surface area contributed by atoms with Crippen molar-refractivity contribution < 1.29 is 14.3 Å². The molecule has 0 spiro atoms. The molecule has 1 atom stereocenters. The van der Waals surface area contributed by atoms with Gasteiger partial charge >= 0.3 is 0 Å². The number of nitrogens with zero attached hydrogens (tertiary/aromatic N) is 1. The monoisotopic (exact) mass is 275 g/mol. The lowest BCUT2D eigenvalue weighted by Crippen LogP contribution is -2.29. The Morgan fingerprint density at radius 1 is 1.55 bits per heavy atom. The number of amides is 1. The summed E-state index contributed by atoms with van der Waals surface area (Å²) in [6.45, 7) is 3.26. The lowest BCUT2D eigenvalue weighted by atomic mass is 10.1. The summed E-state index contributed by atoms with van der Waals surface area (Å²) in [4.78, 5) is 14.2. The van der Waals surface area contributed by atoms with E-state index in [4.69, 9.17) is 5.11 Å². The van der Waals surface area contributed by atoms with Crippen LogP contribution < -0.4 is 0 Å². The molecule has 1 aromatic carbocycles. The van der Waals surface area contributed by atoms with Gasteiger partial charge in [0.15, 0.2) is 0 Å². The number of likely N-dealkylation sites (tertiary alicyclic amines) is 1. The second-order valence-electron chi connectivity index (χ2n) is 4.96. The zero-order valence-corrected chi connectivity index (χ0v) is 11.5. The number of aliphatic hydroxyl groups excluding tert-OH is 1. The first-order valence-electron chi connectivity index (χ1n) is 6.84. The quantitative estimate of drug-likeness (QED) is 0.839. The first kappa shape index (κ1) is 14.5. The van der Waals surface area contributed by atoms with Crippen molar-refractivity contribution in [1.82, 2.24) is 4.90 Å². The fourth-order valence-corrected chi connectivity index (χ4v) is 2.46. The van der Waals surface area contributed by atoms with Gasteiger partial charge in [-0.25, -0.2) is 4.39 Å². The van der Waals surface area contributed by atoms with Crippen LogP contribution in [0.2, 0.25) is 0 Å². The number of rotatable bonds is 2. The molecule has 1 aliphatic rings. The largest absolute Gasteiger partial charge is 0.384 e. The van der Waals surface area contributed by atoms with Gasteiger partial charge in [-0.3, -0.25) is 4.79 Å². The second kappa shape index (κ2) is 6.53. The summed E-state index contributed by atoms with van der Waals surface area (Å²) in [5.74, 6) is 5.11. The zero-order chi connectivity index (χ0) is 14.5. The standard InChI is InChI=1S/C16H18FNO2/c1-2-12-7-8-18(11-12)16(20)15-10-14(17)6-5-13(15)4-3-9-19/h5-6,10,12,19H,2,7-9,11H2,1H3. The van der Waals surface area contributed by atoms with Crippen LogP contribution in [0.1, 0.15) is 35.7 Å². The third-order valence-corrected chi connectivity index (χ3v) is 3.66. The Labute approximate surface area is 118 Å². The molecule has 0 aliphatic carbocycles. The summed E-state index contributed by atoms with van der Waals surface area (Å²) in [5, 5.41) is 8.75. The Morgan fingerprint density at radius 2 is 2.35 bits per heavy atom. The van der Waals surface area contributed by atoms with Gasteiger partial charge in [0.1, 0.15) is 12.4 Å². The highest BCUT2D eigenvalue weighted by Crippen LogP contribution is 2.22. The number of aliphatic hydroxyl groups is 1. The first-order valence-corrected chi connectivity index (χ1v) is 6.84. The number of hydrogen-bond donors (Lipinski definition) is 1. The second-order valence-corrected chi connectivity index (χ2v) is 4.96. The summed E-state index contributed by atoms with van der Waals surface area (Å²) in [7, 11) is 0. The smallest absolute Gasteiger partial charge is 0.255 e. The molecule has 1 amide bonds. The molecular formula is C16H18FNO2. The molecule has 1 unspecified atom stereocenters. The van der Waals surface area contributed by atoms with Crippen LogP contribution in [0.15, 0.2) is 18.2 Å². The molecule has 4 heteroatoms. The molecule has 0 aromatic heterocycles. The predicted octanol–water partition coefficient (Wildman–Crippen LogP) is 2.04. The highest BCUT2D eigenvalue weighted by atomic mass is 19.1. The maximum Gasteiger partial charge on any atom is 0.255 e. The van der Waals surface area contributed by atoms with Crippen LogP contribution in [0.3, 0.4) is 0 Å². The van der Waals surface area contributed by atoms with Crippen LogP contribution in [0, 0.1) is 23.6 Å². The third-order valence-electron chi connectivity index (χ3n) is 3.66. The number of benzene rings is 1. The minimum Gasteiger partial charge on any atom is -0.384 e. The van der Waals surface area contributed by atoms with Gasteiger partial charge in [0.05, 0.1) is 5.56 Å². The average Bonchev–Trinajstić information content (AvgIpc) is 2.94. The van der Waals surface area contributed by atoms with E-state index in [-0.39, 0.29) is 18.1 Å². The van der Waals surface area contributed by atoms with E-state index in [2.05, 4.69) is 18.8 Å². The molecule has 1 fully saturated rings. The Morgan fingerprint density at radius 3 is 3.00 bits per heavy atom. The number of halogens is 1. The topological polar surface area (TPSA) is 40.5 Å². The summed E-state index contributed by atoms with van der Waals surface area (Å²) in [6.07, 6.45) is 2.04. The van der Waals surface area contributed by atoms with Crippen LogP contribution in [0.25, 0.3) is 0 Å². The van der Waals surface area contributed by atoms with Crippen LogP contribution in [0.5, 0.6) is 0 Å². The van der Waals surface area contributed by atoms with E-state index >= 15 is 0 Å². The summed E-state index contributed by atoms with van der Waals surface area (Å²) >= 11 is 0. The van der Waals surface area contributed by atoms with Crippen LogP contribution in [-0.4, -0.2) is 35.6 Å². The lowest BCUT2D eigenvalue weighted by molar-refractivity contribution is 0.0786. The maximum atomic E-state index is 13.4. The summed E-state index contributed by atoms with van der Waals surface area (Å²) in [5.41, 5.74) is 0.744. The molecule has 0 bridgehead atoms. The molecule has 1 saturated heterocycles. The average molecular weight is 275 g/mol.